The maximum absolute atomic E-state index is 12.1. The fourth-order valence-electron chi connectivity index (χ4n) is 2.35. The first-order chi connectivity index (χ1) is 5.07. The van der Waals surface area contributed by atoms with Gasteiger partial charge in [-0.15, -0.1) is 0 Å². The summed E-state index contributed by atoms with van der Waals surface area (Å²) in [4.78, 5) is 0. The van der Waals surface area contributed by atoms with Crippen molar-refractivity contribution in [2.24, 2.45) is 17.8 Å². The predicted octanol–water partition coefficient (Wildman–Crippen LogP) is 2.98. The molecule has 0 aliphatic heterocycles. The van der Waals surface area contributed by atoms with Gasteiger partial charge in [-0.25, -0.2) is 0 Å². The highest BCUT2D eigenvalue weighted by atomic mass is 19.4. The van der Waals surface area contributed by atoms with Gasteiger partial charge in [0.15, 0.2) is 0 Å². The second-order valence-electron chi connectivity index (χ2n) is 3.81. The van der Waals surface area contributed by atoms with Gasteiger partial charge in [-0.1, -0.05) is 0 Å². The van der Waals surface area contributed by atoms with E-state index in [1.165, 1.54) is 0 Å². The molecule has 2 saturated carbocycles. The smallest absolute Gasteiger partial charge is 0.171 e. The molecule has 3 heteroatoms. The summed E-state index contributed by atoms with van der Waals surface area (Å²) in [5, 5.41) is 0. The van der Waals surface area contributed by atoms with Gasteiger partial charge in [0.05, 0.1) is 5.92 Å². The lowest BCUT2D eigenvalue weighted by Crippen LogP contribution is -2.19. The van der Waals surface area contributed by atoms with Crippen molar-refractivity contribution < 1.29 is 13.2 Å². The molecule has 0 bridgehead atoms. The fraction of sp³-hybridized carbons (Fsp3) is 1.00. The summed E-state index contributed by atoms with van der Waals surface area (Å²) in [5.41, 5.74) is 0. The van der Waals surface area contributed by atoms with Crippen LogP contribution in [0.25, 0.3) is 0 Å². The van der Waals surface area contributed by atoms with Crippen molar-refractivity contribution in [3.63, 3.8) is 0 Å². The van der Waals surface area contributed by atoms with Crippen LogP contribution in [0.5, 0.6) is 0 Å². The highest BCUT2D eigenvalue weighted by Crippen LogP contribution is 2.53. The maximum Gasteiger partial charge on any atom is 0.391 e. The van der Waals surface area contributed by atoms with Gasteiger partial charge in [0.25, 0.3) is 0 Å². The van der Waals surface area contributed by atoms with E-state index in [1.807, 2.05) is 0 Å². The highest BCUT2D eigenvalue weighted by molar-refractivity contribution is 4.92. The van der Waals surface area contributed by atoms with Crippen LogP contribution in [0.3, 0.4) is 0 Å². The molecule has 0 aromatic heterocycles. The van der Waals surface area contributed by atoms with Crippen molar-refractivity contribution in [2.75, 3.05) is 0 Å². The summed E-state index contributed by atoms with van der Waals surface area (Å²) in [6.07, 6.45) is -1.02. The molecule has 0 radical (unpaired) electrons. The minimum Gasteiger partial charge on any atom is -0.171 e. The molecule has 0 saturated heterocycles. The van der Waals surface area contributed by atoms with E-state index in [4.69, 9.17) is 0 Å². The van der Waals surface area contributed by atoms with Gasteiger partial charge in [0, 0.05) is 0 Å². The zero-order valence-electron chi connectivity index (χ0n) is 6.19. The number of fused-ring (bicyclic) bond motifs is 1. The van der Waals surface area contributed by atoms with Gasteiger partial charge < -0.3 is 0 Å². The Morgan fingerprint density at radius 1 is 0.909 bits per heavy atom. The van der Waals surface area contributed by atoms with E-state index < -0.39 is 12.1 Å². The normalized spacial score (nSPS) is 43.4. The molecule has 2 rings (SSSR count). The molecule has 64 valence electrons. The van der Waals surface area contributed by atoms with Crippen molar-refractivity contribution in [1.82, 2.24) is 0 Å². The Labute approximate surface area is 63.8 Å². The largest absolute Gasteiger partial charge is 0.391 e. The molecule has 2 aliphatic carbocycles. The molecule has 0 heterocycles. The lowest BCUT2D eigenvalue weighted by atomic mass is 9.77. The van der Waals surface area contributed by atoms with Gasteiger partial charge in [0.2, 0.25) is 0 Å². The number of rotatable bonds is 0. The number of hydrogen-bond donors (Lipinski definition) is 0. The summed E-state index contributed by atoms with van der Waals surface area (Å²) in [7, 11) is 0. The van der Waals surface area contributed by atoms with Crippen LogP contribution in [0.2, 0.25) is 0 Å². The van der Waals surface area contributed by atoms with E-state index in [2.05, 4.69) is 0 Å². The van der Waals surface area contributed by atoms with E-state index in [9.17, 15) is 13.2 Å². The molecule has 0 amide bonds. The third-order valence-electron chi connectivity index (χ3n) is 3.21. The maximum atomic E-state index is 12.1. The summed E-state index contributed by atoms with van der Waals surface area (Å²) < 4.78 is 36.4. The molecule has 2 unspecified atom stereocenters. The van der Waals surface area contributed by atoms with E-state index in [1.54, 1.807) is 0 Å². The lowest BCUT2D eigenvalue weighted by molar-refractivity contribution is -0.173. The molecule has 0 aromatic rings. The van der Waals surface area contributed by atoms with E-state index in [0.29, 0.717) is 24.7 Å². The first-order valence-corrected chi connectivity index (χ1v) is 4.14. The van der Waals surface area contributed by atoms with Crippen molar-refractivity contribution in [3.8, 4) is 0 Å². The fourth-order valence-corrected chi connectivity index (χ4v) is 2.35. The quantitative estimate of drug-likeness (QED) is 0.516. The minimum absolute atomic E-state index is 0.411. The molecule has 2 fully saturated rings. The SMILES string of the molecule is FC(F)(F)C1CC2CCC2C1. The third-order valence-corrected chi connectivity index (χ3v) is 3.21. The molecule has 11 heavy (non-hydrogen) atoms. The molecule has 0 spiro atoms. The minimum atomic E-state index is -3.92. The lowest BCUT2D eigenvalue weighted by Gasteiger charge is -2.29. The first kappa shape index (κ1) is 7.44. The van der Waals surface area contributed by atoms with Gasteiger partial charge >= 0.3 is 6.18 Å². The van der Waals surface area contributed by atoms with Crippen LogP contribution in [0.15, 0.2) is 0 Å². The summed E-state index contributed by atoms with van der Waals surface area (Å²) >= 11 is 0. The summed E-state index contributed by atoms with van der Waals surface area (Å²) in [6.45, 7) is 0. The zero-order chi connectivity index (χ0) is 8.06. The van der Waals surface area contributed by atoms with E-state index in [-0.39, 0.29) is 0 Å². The Balaban J connectivity index is 1.98. The summed E-state index contributed by atoms with van der Waals surface area (Å²) in [6, 6.07) is 0. The van der Waals surface area contributed by atoms with Crippen molar-refractivity contribution >= 4 is 0 Å². The monoisotopic (exact) mass is 164 g/mol. The van der Waals surface area contributed by atoms with Crippen LogP contribution in [0, 0.1) is 17.8 Å². The van der Waals surface area contributed by atoms with Crippen LogP contribution < -0.4 is 0 Å². The molecule has 0 aromatic carbocycles. The average Bonchev–Trinajstić information content (AvgIpc) is 2.06. The van der Waals surface area contributed by atoms with Gasteiger partial charge in [-0.3, -0.25) is 0 Å². The van der Waals surface area contributed by atoms with Gasteiger partial charge in [-0.05, 0) is 37.5 Å². The Bertz CT molecular complexity index is 149. The Kier molecular flexibility index (Phi) is 1.45. The van der Waals surface area contributed by atoms with E-state index in [0.717, 1.165) is 12.8 Å². The Hall–Kier alpha value is -0.210. The molecular weight excluding hydrogens is 153 g/mol. The van der Waals surface area contributed by atoms with Gasteiger partial charge in [-0.2, -0.15) is 13.2 Å². The molecule has 0 N–H and O–H groups in total. The van der Waals surface area contributed by atoms with Crippen LogP contribution in [0.4, 0.5) is 13.2 Å². The summed E-state index contributed by atoms with van der Waals surface area (Å²) in [5.74, 6) is -0.136. The van der Waals surface area contributed by atoms with Crippen LogP contribution >= 0.6 is 0 Å². The van der Waals surface area contributed by atoms with Crippen LogP contribution in [-0.2, 0) is 0 Å². The van der Waals surface area contributed by atoms with Crippen LogP contribution in [0.1, 0.15) is 25.7 Å². The number of alkyl halides is 3. The Morgan fingerprint density at radius 2 is 1.36 bits per heavy atom. The average molecular weight is 164 g/mol. The Morgan fingerprint density at radius 3 is 1.64 bits per heavy atom. The molecule has 2 aliphatic rings. The zero-order valence-corrected chi connectivity index (χ0v) is 6.19. The number of halogens is 3. The van der Waals surface area contributed by atoms with E-state index >= 15 is 0 Å². The topological polar surface area (TPSA) is 0 Å². The first-order valence-electron chi connectivity index (χ1n) is 4.14. The highest BCUT2D eigenvalue weighted by Gasteiger charge is 2.50. The number of hydrogen-bond acceptors (Lipinski definition) is 0. The second kappa shape index (κ2) is 2.14. The van der Waals surface area contributed by atoms with Crippen molar-refractivity contribution in [1.29, 1.82) is 0 Å². The van der Waals surface area contributed by atoms with Gasteiger partial charge in [0.1, 0.15) is 0 Å². The third kappa shape index (κ3) is 1.14. The van der Waals surface area contributed by atoms with Crippen LogP contribution in [-0.4, -0.2) is 6.18 Å². The molecule has 0 nitrogen and oxygen atoms in total. The standard InChI is InChI=1S/C8H11F3/c9-8(10,11)7-3-5-1-2-6(5)4-7/h5-7H,1-4H2. The second-order valence-corrected chi connectivity index (χ2v) is 3.81. The molecular formula is C8H11F3. The predicted molar refractivity (Wildman–Crippen MR) is 35.0 cm³/mol. The van der Waals surface area contributed by atoms with Crippen molar-refractivity contribution in [2.45, 2.75) is 31.9 Å². The molecule has 2 atom stereocenters. The van der Waals surface area contributed by atoms with Crippen molar-refractivity contribution in [3.05, 3.63) is 0 Å².